The molecule has 29 nitrogen and oxygen atoms in total. The Morgan fingerprint density at radius 1 is 0.532 bits per heavy atom. The van der Waals surface area contributed by atoms with Crippen molar-refractivity contribution in [1.82, 2.24) is 47.4 Å². The number of nitrogens with zero attached hydrogens (tertiary/aromatic N) is 1. The number of carbonyl (C=O) groups is 12. The van der Waals surface area contributed by atoms with Gasteiger partial charge < -0.3 is 90.2 Å². The molecule has 19 N–H and O–H groups in total. The number of carbonyl (C=O) groups excluding carboxylic acids is 10. The largest absolute Gasteiger partial charge is 0.508 e. The number of carboxylic acid groups (broad SMARTS) is 2. The van der Waals surface area contributed by atoms with E-state index in [4.69, 9.17) is 17.2 Å². The molecule has 1 unspecified atom stereocenters. The second-order valence-electron chi connectivity index (χ2n) is 23.8. The number of amides is 10. The van der Waals surface area contributed by atoms with Crippen LogP contribution < -0.4 is 59.7 Å². The highest BCUT2D eigenvalue weighted by molar-refractivity contribution is 6.00. The van der Waals surface area contributed by atoms with Crippen molar-refractivity contribution in [2.24, 2.45) is 29.0 Å². The fourth-order valence-corrected chi connectivity index (χ4v) is 10.4. The summed E-state index contributed by atoms with van der Waals surface area (Å²) in [7, 11) is 0. The maximum atomic E-state index is 15.1. The number of likely N-dealkylation sites (tertiary alicyclic amines) is 1. The number of aromatic hydroxyl groups is 2. The Morgan fingerprint density at radius 2 is 0.989 bits per heavy atom. The van der Waals surface area contributed by atoms with Crippen molar-refractivity contribution in [2.75, 3.05) is 13.1 Å². The highest BCUT2D eigenvalue weighted by Crippen LogP contribution is 2.23. The fraction of sp³-hybridized carbons (Fsp3) is 0.446. The predicted octanol–water partition coefficient (Wildman–Crippen LogP) is -1.07. The standard InChI is InChI=1S/C65H86N12O17/c1-35(2)29-44(70-56(84)43(17-11-27-66)69-62(90)53(68)36(3)4)57(85)74-48(31-38-19-23-41(78)24-20-38)64(92)77-28-12-18-50(77)61(89)72-45(30-37-13-7-5-8-14-37)60(88)76-54(55(83)40-15-9-6-10-16-40)63(91)73-46(33-51(67)80)58(86)71-47(34-52(81)82)59(87)75-49(65(93)94)32-39-21-25-42(79)26-22-39/h5-10,13-16,19-26,35-36,43-50,53-55,78-79,83H,11-12,17-18,27-34,66,68H2,1-4H3,(H2,67,80)(H,69,90)(H,70,84)(H,71,86)(H,72,89)(H,73,91)(H,74,85)(H,75,87)(H,76,88)(H,81,82)(H,93,94)/t43-,44-,45-,46-,47-,48-,49-,50-,53-,54-,55?/m0/s1. The predicted molar refractivity (Wildman–Crippen MR) is 340 cm³/mol. The Hall–Kier alpha value is -10.0. The number of primary amides is 1. The van der Waals surface area contributed by atoms with E-state index in [9.17, 15) is 78.3 Å². The van der Waals surface area contributed by atoms with Gasteiger partial charge in [-0.2, -0.15) is 0 Å². The van der Waals surface area contributed by atoms with Gasteiger partial charge in [-0.1, -0.05) is 113 Å². The van der Waals surface area contributed by atoms with Gasteiger partial charge in [0.2, 0.25) is 59.1 Å². The zero-order valence-corrected chi connectivity index (χ0v) is 52.7. The molecule has 0 bridgehead atoms. The molecule has 1 saturated heterocycles. The molecule has 11 atom stereocenters. The van der Waals surface area contributed by atoms with E-state index in [2.05, 4.69) is 42.5 Å². The number of carboxylic acids is 2. The molecule has 29 heteroatoms. The molecule has 0 spiro atoms. The van der Waals surface area contributed by atoms with Crippen molar-refractivity contribution in [3.63, 3.8) is 0 Å². The lowest BCUT2D eigenvalue weighted by Gasteiger charge is -2.32. The minimum Gasteiger partial charge on any atom is -0.508 e. The molecule has 1 heterocycles. The summed E-state index contributed by atoms with van der Waals surface area (Å²) in [5, 5.41) is 71.4. The minimum atomic E-state index is -2.08. The zero-order valence-electron chi connectivity index (χ0n) is 52.7. The van der Waals surface area contributed by atoms with E-state index < -0.39 is 150 Å². The van der Waals surface area contributed by atoms with Crippen LogP contribution in [0, 0.1) is 11.8 Å². The molecule has 94 heavy (non-hydrogen) atoms. The van der Waals surface area contributed by atoms with E-state index in [1.165, 1.54) is 77.7 Å². The van der Waals surface area contributed by atoms with Gasteiger partial charge in [-0.3, -0.25) is 52.7 Å². The molecular formula is C65H86N12O17. The average Bonchev–Trinajstić information content (AvgIpc) is 1.47. The van der Waals surface area contributed by atoms with Gasteiger partial charge in [0.25, 0.3) is 0 Å². The lowest BCUT2D eigenvalue weighted by atomic mass is 9.99. The fourth-order valence-electron chi connectivity index (χ4n) is 10.4. The van der Waals surface area contributed by atoms with Crippen LogP contribution in [0.2, 0.25) is 0 Å². The van der Waals surface area contributed by atoms with Crippen molar-refractivity contribution in [1.29, 1.82) is 0 Å². The van der Waals surface area contributed by atoms with E-state index in [-0.39, 0.29) is 86.9 Å². The van der Waals surface area contributed by atoms with Crippen LogP contribution in [-0.2, 0) is 76.8 Å². The van der Waals surface area contributed by atoms with Crippen molar-refractivity contribution < 1.29 is 83.1 Å². The second-order valence-corrected chi connectivity index (χ2v) is 23.8. The van der Waals surface area contributed by atoms with Gasteiger partial charge in [0.05, 0.1) is 18.9 Å². The quantitative estimate of drug-likeness (QED) is 0.0258. The third kappa shape index (κ3) is 23.3. The molecule has 0 saturated carbocycles. The topological polar surface area (TPSA) is 484 Å². The maximum Gasteiger partial charge on any atom is 0.326 e. The Morgan fingerprint density at radius 3 is 1.52 bits per heavy atom. The molecule has 0 radical (unpaired) electrons. The van der Waals surface area contributed by atoms with Crippen LogP contribution in [0.3, 0.4) is 0 Å². The number of benzene rings is 4. The molecule has 5 rings (SSSR count). The highest BCUT2D eigenvalue weighted by Gasteiger charge is 2.42. The molecule has 0 aromatic heterocycles. The van der Waals surface area contributed by atoms with Crippen LogP contribution in [-0.4, -0.2) is 175 Å². The first-order chi connectivity index (χ1) is 44.5. The summed E-state index contributed by atoms with van der Waals surface area (Å²) in [6, 6.07) is 11.2. The number of rotatable bonds is 36. The van der Waals surface area contributed by atoms with Crippen molar-refractivity contribution >= 4 is 71.0 Å². The third-order valence-corrected chi connectivity index (χ3v) is 15.5. The molecule has 1 fully saturated rings. The summed E-state index contributed by atoms with van der Waals surface area (Å²) < 4.78 is 0. The van der Waals surface area contributed by atoms with E-state index in [1.54, 1.807) is 50.2 Å². The number of hydrogen-bond donors (Lipinski definition) is 16. The van der Waals surface area contributed by atoms with Gasteiger partial charge in [0.15, 0.2) is 0 Å². The summed E-state index contributed by atoms with van der Waals surface area (Å²) in [5.41, 5.74) is 18.7. The highest BCUT2D eigenvalue weighted by atomic mass is 16.4. The number of nitrogens with one attached hydrogen (secondary N) is 8. The Kier molecular flexibility index (Phi) is 28.9. The van der Waals surface area contributed by atoms with Crippen LogP contribution >= 0.6 is 0 Å². The number of hydrogen-bond acceptors (Lipinski definition) is 17. The van der Waals surface area contributed by atoms with Crippen LogP contribution in [0.1, 0.15) is 101 Å². The SMILES string of the molecule is CC(C)C[C@H](NC(=O)[C@H](CCCN)NC(=O)[C@@H](N)C(C)C)C(=O)N[C@@H](Cc1ccc(O)cc1)C(=O)N1CCC[C@H]1C(=O)N[C@@H](Cc1ccccc1)C(=O)N[C@H](C(=O)N[C@@H](CC(N)=O)C(=O)N[C@@H](CC(=O)O)C(=O)N[C@@H](Cc1ccc(O)cc1)C(=O)O)C(O)c1ccccc1. The Balaban J connectivity index is 1.44. The zero-order chi connectivity index (χ0) is 69.3. The number of phenolic OH excluding ortho intramolecular Hbond substituents is 2. The van der Waals surface area contributed by atoms with Crippen molar-refractivity contribution in [2.45, 2.75) is 158 Å². The number of aliphatic hydroxyl groups is 1. The summed E-state index contributed by atoms with van der Waals surface area (Å²) in [4.78, 5) is 167. The van der Waals surface area contributed by atoms with Crippen LogP contribution in [0.25, 0.3) is 0 Å². The molecular weight excluding hydrogens is 1220 g/mol. The molecule has 10 amide bonds. The van der Waals surface area contributed by atoms with E-state index in [0.29, 0.717) is 23.1 Å². The van der Waals surface area contributed by atoms with Gasteiger partial charge in [0, 0.05) is 25.8 Å². The van der Waals surface area contributed by atoms with Crippen molar-refractivity contribution in [3.05, 3.63) is 131 Å². The normalized spacial score (nSPS) is 16.0. The summed E-state index contributed by atoms with van der Waals surface area (Å²) in [6.07, 6.45) is -4.06. The van der Waals surface area contributed by atoms with Crippen LogP contribution in [0.5, 0.6) is 11.5 Å². The minimum absolute atomic E-state index is 0.0151. The first-order valence-electron chi connectivity index (χ1n) is 30.8. The van der Waals surface area contributed by atoms with Crippen molar-refractivity contribution in [3.8, 4) is 11.5 Å². The Bertz CT molecular complexity index is 3270. The first-order valence-corrected chi connectivity index (χ1v) is 30.8. The van der Waals surface area contributed by atoms with Gasteiger partial charge in [-0.25, -0.2) is 4.79 Å². The van der Waals surface area contributed by atoms with Crippen LogP contribution in [0.15, 0.2) is 109 Å². The molecule has 508 valence electrons. The Labute approximate surface area is 543 Å². The van der Waals surface area contributed by atoms with Gasteiger partial charge in [-0.05, 0) is 97.0 Å². The van der Waals surface area contributed by atoms with E-state index >= 15 is 4.79 Å². The molecule has 1 aliphatic heterocycles. The first kappa shape index (κ1) is 74.7. The van der Waals surface area contributed by atoms with Gasteiger partial charge in [0.1, 0.15) is 72.0 Å². The molecule has 0 aliphatic carbocycles. The van der Waals surface area contributed by atoms with Gasteiger partial charge >= 0.3 is 11.9 Å². The maximum absolute atomic E-state index is 15.1. The van der Waals surface area contributed by atoms with E-state index in [1.807, 2.05) is 13.8 Å². The molecule has 1 aliphatic rings. The molecule has 4 aromatic rings. The number of aliphatic carboxylic acids is 2. The average molecular weight is 1310 g/mol. The third-order valence-electron chi connectivity index (χ3n) is 15.5. The van der Waals surface area contributed by atoms with Gasteiger partial charge in [-0.15, -0.1) is 0 Å². The summed E-state index contributed by atoms with van der Waals surface area (Å²) in [6.45, 7) is 7.27. The second kappa shape index (κ2) is 36.3. The lowest BCUT2D eigenvalue weighted by molar-refractivity contribution is -0.144. The monoisotopic (exact) mass is 1310 g/mol. The lowest BCUT2D eigenvalue weighted by Crippen LogP contribution is -2.61. The summed E-state index contributed by atoms with van der Waals surface area (Å²) >= 11 is 0. The van der Waals surface area contributed by atoms with E-state index in [0.717, 1.165) is 0 Å². The number of aliphatic hydroxyl groups excluding tert-OH is 1. The smallest absolute Gasteiger partial charge is 0.326 e. The summed E-state index contributed by atoms with van der Waals surface area (Å²) in [5.74, 6) is -13.9. The van der Waals surface area contributed by atoms with Crippen LogP contribution in [0.4, 0.5) is 0 Å². The molecule has 4 aromatic carbocycles. The number of nitrogens with two attached hydrogens (primary N) is 3. The number of phenols is 2.